The number of hydrogen-bond acceptors (Lipinski definition) is 5. The number of aryl methyl sites for hydroxylation is 2. The number of likely N-dealkylation sites (N-methyl/N-ethyl adjacent to an activating group) is 1. The number of rotatable bonds is 8. The number of amides is 1. The van der Waals surface area contributed by atoms with Gasteiger partial charge in [-0.05, 0) is 30.0 Å². The Morgan fingerprint density at radius 3 is 2.21 bits per heavy atom. The van der Waals surface area contributed by atoms with E-state index in [-0.39, 0.29) is 10.6 Å². The Morgan fingerprint density at radius 1 is 1.11 bits per heavy atom. The third kappa shape index (κ3) is 4.73. The summed E-state index contributed by atoms with van der Waals surface area (Å²) in [4.78, 5) is 22.5. The van der Waals surface area contributed by atoms with Crippen molar-refractivity contribution in [1.29, 1.82) is 0 Å². The van der Waals surface area contributed by atoms with Crippen LogP contribution in [-0.4, -0.2) is 37.1 Å². The molecule has 8 nitrogen and oxygen atoms in total. The van der Waals surface area contributed by atoms with Gasteiger partial charge in [-0.15, -0.1) is 0 Å². The van der Waals surface area contributed by atoms with Gasteiger partial charge in [0.25, 0.3) is 5.69 Å². The van der Waals surface area contributed by atoms with Gasteiger partial charge in [0.1, 0.15) is 0 Å². The van der Waals surface area contributed by atoms with Gasteiger partial charge < -0.3 is 5.32 Å². The van der Waals surface area contributed by atoms with Gasteiger partial charge in [0, 0.05) is 24.9 Å². The molecule has 2 rings (SSSR count). The van der Waals surface area contributed by atoms with Crippen molar-refractivity contribution in [1.82, 2.24) is 4.31 Å². The van der Waals surface area contributed by atoms with E-state index in [4.69, 9.17) is 0 Å². The van der Waals surface area contributed by atoms with Crippen molar-refractivity contribution >= 4 is 27.3 Å². The highest BCUT2D eigenvalue weighted by Crippen LogP contribution is 2.23. The number of non-ortho nitro benzene ring substituents is 1. The number of nitrogens with one attached hydrogen (secondary N) is 1. The fourth-order valence-corrected chi connectivity index (χ4v) is 3.97. The van der Waals surface area contributed by atoms with Crippen LogP contribution in [0.4, 0.5) is 11.4 Å². The van der Waals surface area contributed by atoms with Crippen molar-refractivity contribution in [3.05, 3.63) is 63.7 Å². The molecule has 0 spiro atoms. The van der Waals surface area contributed by atoms with E-state index in [1.807, 2.05) is 32.0 Å². The van der Waals surface area contributed by atoms with Crippen molar-refractivity contribution in [2.45, 2.75) is 31.6 Å². The number of nitro benzene ring substituents is 1. The SMILES string of the molecule is CCc1cccc(CC)c1NC(=O)CN(C)S(=O)(=O)c1cccc([N+](=O)[O-])c1. The van der Waals surface area contributed by atoms with Crippen LogP contribution in [-0.2, 0) is 27.7 Å². The van der Waals surface area contributed by atoms with Gasteiger partial charge >= 0.3 is 0 Å². The van der Waals surface area contributed by atoms with Gasteiger partial charge in [0.15, 0.2) is 0 Å². The molecule has 0 unspecified atom stereocenters. The Kier molecular flexibility index (Phi) is 6.87. The average Bonchev–Trinajstić information content (AvgIpc) is 2.67. The van der Waals surface area contributed by atoms with Crippen molar-refractivity contribution in [3.8, 4) is 0 Å². The van der Waals surface area contributed by atoms with Crippen LogP contribution >= 0.6 is 0 Å². The molecule has 0 aliphatic carbocycles. The predicted molar refractivity (Wildman–Crippen MR) is 107 cm³/mol. The Balaban J connectivity index is 2.21. The summed E-state index contributed by atoms with van der Waals surface area (Å²) in [5.41, 5.74) is 2.32. The molecule has 0 fully saturated rings. The molecule has 0 aliphatic rings. The molecule has 0 atom stereocenters. The zero-order valence-corrected chi connectivity index (χ0v) is 16.8. The number of sulfonamides is 1. The second kappa shape index (κ2) is 8.94. The van der Waals surface area contributed by atoms with Crippen LogP contribution in [0.3, 0.4) is 0 Å². The summed E-state index contributed by atoms with van der Waals surface area (Å²) in [6.07, 6.45) is 1.45. The summed E-state index contributed by atoms with van der Waals surface area (Å²) in [6, 6.07) is 10.5. The molecule has 0 aromatic heterocycles. The average molecular weight is 405 g/mol. The zero-order chi connectivity index (χ0) is 20.9. The van der Waals surface area contributed by atoms with Crippen molar-refractivity contribution in [2.75, 3.05) is 18.9 Å². The van der Waals surface area contributed by atoms with Crippen LogP contribution in [0.5, 0.6) is 0 Å². The Labute approximate surface area is 164 Å². The summed E-state index contributed by atoms with van der Waals surface area (Å²) in [5.74, 6) is -0.480. The number of nitro groups is 1. The first-order chi connectivity index (χ1) is 13.2. The summed E-state index contributed by atoms with van der Waals surface area (Å²) in [6.45, 7) is 3.54. The molecule has 1 amide bonds. The van der Waals surface area contributed by atoms with E-state index >= 15 is 0 Å². The molecule has 0 saturated carbocycles. The van der Waals surface area contributed by atoms with Crippen molar-refractivity contribution in [2.24, 2.45) is 0 Å². The maximum atomic E-state index is 12.7. The molecule has 0 heterocycles. The molecule has 0 aliphatic heterocycles. The quantitative estimate of drug-likeness (QED) is 0.536. The summed E-state index contributed by atoms with van der Waals surface area (Å²) >= 11 is 0. The van der Waals surface area contributed by atoms with Gasteiger partial charge in [-0.2, -0.15) is 4.31 Å². The van der Waals surface area contributed by atoms with Gasteiger partial charge in [-0.1, -0.05) is 38.1 Å². The van der Waals surface area contributed by atoms with Gasteiger partial charge in [0.05, 0.1) is 16.4 Å². The molecule has 150 valence electrons. The lowest BCUT2D eigenvalue weighted by Gasteiger charge is -2.19. The Bertz CT molecular complexity index is 967. The standard InChI is InChI=1S/C19H23N3O5S/c1-4-14-8-6-9-15(5-2)19(14)20-18(23)13-21(3)28(26,27)17-11-7-10-16(12-17)22(24)25/h6-12H,4-5,13H2,1-3H3,(H,20,23). The lowest BCUT2D eigenvalue weighted by molar-refractivity contribution is -0.385. The maximum absolute atomic E-state index is 12.7. The summed E-state index contributed by atoms with van der Waals surface area (Å²) in [5, 5.41) is 13.7. The number of anilines is 1. The molecule has 1 N–H and O–H groups in total. The number of para-hydroxylation sites is 1. The highest BCUT2D eigenvalue weighted by Gasteiger charge is 2.25. The van der Waals surface area contributed by atoms with Crippen LogP contribution in [0.2, 0.25) is 0 Å². The normalized spacial score (nSPS) is 11.4. The van der Waals surface area contributed by atoms with Crippen LogP contribution in [0.25, 0.3) is 0 Å². The molecule has 0 saturated heterocycles. The van der Waals surface area contributed by atoms with Gasteiger partial charge in [0.2, 0.25) is 15.9 Å². The number of hydrogen-bond donors (Lipinski definition) is 1. The van der Waals surface area contributed by atoms with E-state index in [1.54, 1.807) is 0 Å². The van der Waals surface area contributed by atoms with Gasteiger partial charge in [-0.25, -0.2) is 8.42 Å². The van der Waals surface area contributed by atoms with E-state index in [2.05, 4.69) is 5.32 Å². The summed E-state index contributed by atoms with van der Waals surface area (Å²) < 4.78 is 26.2. The van der Waals surface area contributed by atoms with E-state index in [0.29, 0.717) is 5.69 Å². The molecule has 28 heavy (non-hydrogen) atoms. The molecule has 9 heteroatoms. The minimum Gasteiger partial charge on any atom is -0.324 e. The molecule has 2 aromatic rings. The van der Waals surface area contributed by atoms with E-state index < -0.39 is 27.4 Å². The monoisotopic (exact) mass is 405 g/mol. The topological polar surface area (TPSA) is 110 Å². The fraction of sp³-hybridized carbons (Fsp3) is 0.316. The van der Waals surface area contributed by atoms with E-state index in [9.17, 15) is 23.3 Å². The number of benzene rings is 2. The molecular formula is C19H23N3O5S. The van der Waals surface area contributed by atoms with E-state index in [0.717, 1.165) is 34.3 Å². The molecule has 2 aromatic carbocycles. The molecular weight excluding hydrogens is 382 g/mol. The van der Waals surface area contributed by atoms with Crippen LogP contribution in [0, 0.1) is 10.1 Å². The summed E-state index contributed by atoms with van der Waals surface area (Å²) in [7, 11) is -2.78. The third-order valence-corrected chi connectivity index (χ3v) is 6.17. The number of nitrogens with zero attached hydrogens (tertiary/aromatic N) is 2. The highest BCUT2D eigenvalue weighted by molar-refractivity contribution is 7.89. The Morgan fingerprint density at radius 2 is 1.68 bits per heavy atom. The van der Waals surface area contributed by atoms with Gasteiger partial charge in [-0.3, -0.25) is 14.9 Å². The first-order valence-electron chi connectivity index (χ1n) is 8.82. The first-order valence-corrected chi connectivity index (χ1v) is 10.3. The predicted octanol–water partition coefficient (Wildman–Crippen LogP) is 2.98. The molecule has 0 radical (unpaired) electrons. The maximum Gasteiger partial charge on any atom is 0.270 e. The smallest absolute Gasteiger partial charge is 0.270 e. The minimum atomic E-state index is -4.05. The van der Waals surface area contributed by atoms with Crippen LogP contribution in [0.1, 0.15) is 25.0 Å². The van der Waals surface area contributed by atoms with Crippen molar-refractivity contribution in [3.63, 3.8) is 0 Å². The number of carbonyl (C=O) groups is 1. The van der Waals surface area contributed by atoms with Crippen molar-refractivity contribution < 1.29 is 18.1 Å². The third-order valence-electron chi connectivity index (χ3n) is 4.37. The van der Waals surface area contributed by atoms with Crippen LogP contribution in [0.15, 0.2) is 47.4 Å². The Hall–Kier alpha value is -2.78. The lowest BCUT2D eigenvalue weighted by Crippen LogP contribution is -2.35. The second-order valence-electron chi connectivity index (χ2n) is 6.22. The number of carbonyl (C=O) groups excluding carboxylic acids is 1. The minimum absolute atomic E-state index is 0.236. The fourth-order valence-electron chi connectivity index (χ4n) is 2.81. The second-order valence-corrected chi connectivity index (χ2v) is 8.27. The zero-order valence-electron chi connectivity index (χ0n) is 16.0. The molecule has 0 bridgehead atoms. The van der Waals surface area contributed by atoms with Crippen LogP contribution < -0.4 is 5.32 Å². The lowest BCUT2D eigenvalue weighted by atomic mass is 10.0. The first kappa shape index (κ1) is 21.5. The van der Waals surface area contributed by atoms with E-state index in [1.165, 1.54) is 25.2 Å². The largest absolute Gasteiger partial charge is 0.324 e. The highest BCUT2D eigenvalue weighted by atomic mass is 32.2.